The molecule has 2 N–H and O–H groups in total. The van der Waals surface area contributed by atoms with E-state index in [4.69, 9.17) is 0 Å². The van der Waals surface area contributed by atoms with Gasteiger partial charge in [0.25, 0.3) is 5.91 Å². The first-order valence-corrected chi connectivity index (χ1v) is 11.0. The van der Waals surface area contributed by atoms with Crippen molar-refractivity contribution in [3.8, 4) is 0 Å². The third-order valence-electron chi connectivity index (χ3n) is 5.25. The monoisotopic (exact) mass is 474 g/mol. The predicted molar refractivity (Wildman–Crippen MR) is 105 cm³/mol. The van der Waals surface area contributed by atoms with Gasteiger partial charge in [0.1, 0.15) is 11.9 Å². The molecule has 2 aromatic carbocycles. The van der Waals surface area contributed by atoms with E-state index in [2.05, 4.69) is 5.32 Å². The molecule has 0 aromatic heterocycles. The Morgan fingerprint density at radius 3 is 2.41 bits per heavy atom. The van der Waals surface area contributed by atoms with Gasteiger partial charge in [-0.1, -0.05) is 12.1 Å². The van der Waals surface area contributed by atoms with Gasteiger partial charge in [-0.25, -0.2) is 12.8 Å². The molecular weight excluding hydrogens is 456 g/mol. The number of hydrogen-bond donors (Lipinski definition) is 2. The van der Waals surface area contributed by atoms with E-state index in [0.29, 0.717) is 30.5 Å². The topological polar surface area (TPSA) is 104 Å². The smallest absolute Gasteiger partial charge is 0.376 e. The molecule has 1 aliphatic rings. The maximum Gasteiger partial charge on any atom is 0.421 e. The Balaban J connectivity index is 1.90. The SMILES string of the molecule is CC(O)(c1ccc(NC(=O)C2c3ccc(S(C)(=O)=O)cc3CN2C=O)c(F)c1)C(F)(F)F. The van der Waals surface area contributed by atoms with Crippen LogP contribution in [-0.4, -0.2) is 43.2 Å². The third-order valence-corrected chi connectivity index (χ3v) is 6.36. The van der Waals surface area contributed by atoms with Crippen LogP contribution in [0.15, 0.2) is 41.3 Å². The molecule has 2 atom stereocenters. The predicted octanol–water partition coefficient (Wildman–Crippen LogP) is 2.65. The molecule has 12 heteroatoms. The summed E-state index contributed by atoms with van der Waals surface area (Å²) in [6.07, 6.45) is -3.66. The van der Waals surface area contributed by atoms with Crippen LogP contribution >= 0.6 is 0 Å². The molecule has 0 aliphatic carbocycles. The van der Waals surface area contributed by atoms with Gasteiger partial charge in [-0.2, -0.15) is 13.2 Å². The van der Waals surface area contributed by atoms with Crippen LogP contribution in [-0.2, 0) is 31.6 Å². The minimum atomic E-state index is -5.05. The highest BCUT2D eigenvalue weighted by molar-refractivity contribution is 7.90. The maximum atomic E-state index is 14.4. The summed E-state index contributed by atoms with van der Waals surface area (Å²) in [6.45, 7) is 0.415. The first-order valence-electron chi connectivity index (χ1n) is 9.10. The van der Waals surface area contributed by atoms with Crippen molar-refractivity contribution in [2.45, 2.75) is 36.2 Å². The fourth-order valence-corrected chi connectivity index (χ4v) is 4.03. The van der Waals surface area contributed by atoms with Crippen molar-refractivity contribution in [3.05, 3.63) is 58.9 Å². The molecule has 172 valence electrons. The average Bonchev–Trinajstić information content (AvgIpc) is 3.05. The number of carbonyl (C=O) groups excluding carboxylic acids is 2. The van der Waals surface area contributed by atoms with Crippen LogP contribution < -0.4 is 5.32 Å². The van der Waals surface area contributed by atoms with Crippen LogP contribution in [0.25, 0.3) is 0 Å². The first-order chi connectivity index (χ1) is 14.7. The summed E-state index contributed by atoms with van der Waals surface area (Å²) >= 11 is 0. The van der Waals surface area contributed by atoms with Crippen molar-refractivity contribution >= 4 is 27.8 Å². The van der Waals surface area contributed by atoms with Gasteiger partial charge in [-0.15, -0.1) is 0 Å². The van der Waals surface area contributed by atoms with Gasteiger partial charge in [-0.05, 0) is 47.9 Å². The second kappa shape index (κ2) is 7.85. The number of amides is 2. The number of benzene rings is 2. The molecular formula is C20H18F4N2O5S. The Kier molecular flexibility index (Phi) is 5.81. The highest BCUT2D eigenvalue weighted by Crippen LogP contribution is 2.40. The summed E-state index contributed by atoms with van der Waals surface area (Å²) in [6, 6.07) is 4.94. The zero-order chi connectivity index (χ0) is 24.1. The molecule has 1 aliphatic heterocycles. The van der Waals surface area contributed by atoms with E-state index in [1.807, 2.05) is 0 Å². The molecule has 2 aromatic rings. The lowest BCUT2D eigenvalue weighted by atomic mass is 9.95. The number of anilines is 1. The molecule has 32 heavy (non-hydrogen) atoms. The van der Waals surface area contributed by atoms with Crippen molar-refractivity contribution in [1.29, 1.82) is 0 Å². The van der Waals surface area contributed by atoms with Gasteiger partial charge in [0.2, 0.25) is 6.41 Å². The zero-order valence-electron chi connectivity index (χ0n) is 16.8. The second-order valence-electron chi connectivity index (χ2n) is 7.57. The molecule has 0 fully saturated rings. The molecule has 2 amide bonds. The first kappa shape index (κ1) is 23.7. The van der Waals surface area contributed by atoms with Crippen molar-refractivity contribution in [3.63, 3.8) is 0 Å². The molecule has 0 bridgehead atoms. The Morgan fingerprint density at radius 1 is 1.22 bits per heavy atom. The van der Waals surface area contributed by atoms with Crippen LogP contribution in [0.4, 0.5) is 23.2 Å². The molecule has 3 rings (SSSR count). The van der Waals surface area contributed by atoms with Crippen LogP contribution in [0.1, 0.15) is 29.7 Å². The lowest BCUT2D eigenvalue weighted by molar-refractivity contribution is -0.258. The van der Waals surface area contributed by atoms with Gasteiger partial charge in [0.15, 0.2) is 15.4 Å². The number of rotatable bonds is 5. The molecule has 2 unspecified atom stereocenters. The summed E-state index contributed by atoms with van der Waals surface area (Å²) in [5, 5.41) is 11.9. The summed E-state index contributed by atoms with van der Waals surface area (Å²) in [5.74, 6) is -2.07. The number of hydrogen-bond acceptors (Lipinski definition) is 5. The van der Waals surface area contributed by atoms with E-state index < -0.39 is 50.6 Å². The van der Waals surface area contributed by atoms with Crippen LogP contribution in [0, 0.1) is 5.82 Å². The number of nitrogens with zero attached hydrogens (tertiary/aromatic N) is 1. The van der Waals surface area contributed by atoms with E-state index in [1.165, 1.54) is 18.2 Å². The summed E-state index contributed by atoms with van der Waals surface area (Å²) in [5.41, 5.74) is -3.76. The highest BCUT2D eigenvalue weighted by Gasteiger charge is 2.51. The Hall–Kier alpha value is -2.99. The van der Waals surface area contributed by atoms with Crippen molar-refractivity contribution < 1.29 is 40.7 Å². The van der Waals surface area contributed by atoms with Gasteiger partial charge in [0, 0.05) is 12.8 Å². The minimum absolute atomic E-state index is 0.00140. The van der Waals surface area contributed by atoms with Crippen LogP contribution in [0.3, 0.4) is 0 Å². The molecule has 1 heterocycles. The number of fused-ring (bicyclic) bond motifs is 1. The Labute approximate surface area is 180 Å². The quantitative estimate of drug-likeness (QED) is 0.512. The maximum absolute atomic E-state index is 14.4. The van der Waals surface area contributed by atoms with E-state index in [-0.39, 0.29) is 11.4 Å². The normalized spacial score (nSPS) is 18.1. The third kappa shape index (κ3) is 4.19. The lowest BCUT2D eigenvalue weighted by Crippen LogP contribution is -2.39. The fraction of sp³-hybridized carbons (Fsp3) is 0.300. The summed E-state index contributed by atoms with van der Waals surface area (Å²) in [7, 11) is -3.52. The molecule has 7 nitrogen and oxygen atoms in total. The lowest BCUT2D eigenvalue weighted by Gasteiger charge is -2.27. The number of sulfone groups is 1. The zero-order valence-corrected chi connectivity index (χ0v) is 17.6. The van der Waals surface area contributed by atoms with Crippen LogP contribution in [0.2, 0.25) is 0 Å². The largest absolute Gasteiger partial charge is 0.421 e. The molecule has 0 saturated heterocycles. The number of carbonyl (C=O) groups is 2. The average molecular weight is 474 g/mol. The number of alkyl halides is 3. The summed E-state index contributed by atoms with van der Waals surface area (Å²) in [4.78, 5) is 25.3. The molecule has 0 radical (unpaired) electrons. The number of aliphatic hydroxyl groups is 1. The van der Waals surface area contributed by atoms with E-state index in [0.717, 1.165) is 23.3 Å². The van der Waals surface area contributed by atoms with Crippen molar-refractivity contribution in [2.24, 2.45) is 0 Å². The fourth-order valence-electron chi connectivity index (χ4n) is 3.36. The highest BCUT2D eigenvalue weighted by atomic mass is 32.2. The van der Waals surface area contributed by atoms with E-state index in [1.54, 1.807) is 0 Å². The Bertz CT molecular complexity index is 1190. The molecule has 0 saturated carbocycles. The molecule has 0 spiro atoms. The van der Waals surface area contributed by atoms with Crippen LogP contribution in [0.5, 0.6) is 0 Å². The second-order valence-corrected chi connectivity index (χ2v) is 9.58. The van der Waals surface area contributed by atoms with Gasteiger partial charge in [0.05, 0.1) is 10.6 Å². The number of halogens is 4. The number of nitrogens with one attached hydrogen (secondary N) is 1. The Morgan fingerprint density at radius 2 is 1.88 bits per heavy atom. The minimum Gasteiger partial charge on any atom is -0.376 e. The standard InChI is InChI=1S/C20H18F4N2O5S/c1-19(29,20(22,23)24)12-3-6-16(15(21)8-12)25-18(28)17-14-5-4-13(32(2,30)31)7-11(14)9-26(17)10-27/h3-8,10,17,29H,9H2,1-2H3,(H,25,28). The van der Waals surface area contributed by atoms with E-state index >= 15 is 0 Å². The van der Waals surface area contributed by atoms with Crippen molar-refractivity contribution in [2.75, 3.05) is 11.6 Å². The van der Waals surface area contributed by atoms with E-state index in [9.17, 15) is 40.7 Å². The van der Waals surface area contributed by atoms with Gasteiger partial charge in [-0.3, -0.25) is 9.59 Å². The van der Waals surface area contributed by atoms with Gasteiger partial charge < -0.3 is 15.3 Å². The van der Waals surface area contributed by atoms with Crippen molar-refractivity contribution in [1.82, 2.24) is 4.90 Å². The van der Waals surface area contributed by atoms with Gasteiger partial charge >= 0.3 is 6.18 Å². The summed E-state index contributed by atoms with van der Waals surface area (Å²) < 4.78 is 76.8.